The number of fused-ring (bicyclic) bond motifs is 3. The van der Waals surface area contributed by atoms with E-state index in [2.05, 4.69) is 89.5 Å². The van der Waals surface area contributed by atoms with Gasteiger partial charge in [0, 0.05) is 16.5 Å². The van der Waals surface area contributed by atoms with Crippen molar-refractivity contribution in [2.45, 2.75) is 12.8 Å². The lowest BCUT2D eigenvalue weighted by molar-refractivity contribution is 0.607. The third-order valence-electron chi connectivity index (χ3n) is 5.50. The van der Waals surface area contributed by atoms with Crippen LogP contribution in [-0.4, -0.2) is 17.1 Å². The summed E-state index contributed by atoms with van der Waals surface area (Å²) in [4.78, 5) is 0. The van der Waals surface area contributed by atoms with E-state index < -0.39 is 0 Å². The summed E-state index contributed by atoms with van der Waals surface area (Å²) in [6.45, 7) is 0. The van der Waals surface area contributed by atoms with Crippen LogP contribution in [0.1, 0.15) is 18.4 Å². The van der Waals surface area contributed by atoms with Gasteiger partial charge in [-0.25, -0.2) is 0 Å². The Labute approximate surface area is 159 Å². The number of allylic oxidation sites excluding steroid dienone is 4. The summed E-state index contributed by atoms with van der Waals surface area (Å²) in [7, 11) is 0.160. The highest BCUT2D eigenvalue weighted by Gasteiger charge is 2.14. The van der Waals surface area contributed by atoms with E-state index in [-0.39, 0.29) is 7.48 Å². The minimum absolute atomic E-state index is 0.160. The number of hydrogen-bond acceptors (Lipinski definition) is 1. The van der Waals surface area contributed by atoms with Gasteiger partial charge in [0.05, 0.1) is 11.0 Å². The van der Waals surface area contributed by atoms with Gasteiger partial charge in [0.1, 0.15) is 0 Å². The molecule has 130 valence electrons. The first-order valence-corrected chi connectivity index (χ1v) is 9.43. The van der Waals surface area contributed by atoms with Crippen molar-refractivity contribution in [1.82, 2.24) is 4.57 Å². The Morgan fingerprint density at radius 2 is 1.52 bits per heavy atom. The van der Waals surface area contributed by atoms with Gasteiger partial charge in [-0.3, -0.25) is 0 Å². The Hall–Kier alpha value is -3.04. The van der Waals surface area contributed by atoms with Crippen molar-refractivity contribution in [2.24, 2.45) is 0 Å². The number of hydrogen-bond donors (Lipinski definition) is 1. The Balaban J connectivity index is 1.74. The first-order chi connectivity index (χ1) is 13.3. The molecule has 1 heterocycles. The van der Waals surface area contributed by atoms with Crippen LogP contribution in [-0.2, 0) is 0 Å². The van der Waals surface area contributed by atoms with Crippen LogP contribution in [0.2, 0.25) is 0 Å². The van der Waals surface area contributed by atoms with Crippen LogP contribution in [0.15, 0.2) is 90.4 Å². The molecule has 5 rings (SSSR count). The highest BCUT2D eigenvalue weighted by molar-refractivity contribution is 6.36. The number of para-hydroxylation sites is 2. The fourth-order valence-corrected chi connectivity index (χ4v) is 4.08. The third-order valence-corrected chi connectivity index (χ3v) is 5.50. The van der Waals surface area contributed by atoms with Crippen molar-refractivity contribution in [3.8, 4) is 5.69 Å². The van der Waals surface area contributed by atoms with Crippen LogP contribution in [0, 0.1) is 0 Å². The van der Waals surface area contributed by atoms with Crippen LogP contribution in [0.3, 0.4) is 0 Å². The van der Waals surface area contributed by atoms with Crippen LogP contribution in [0.5, 0.6) is 0 Å². The van der Waals surface area contributed by atoms with Gasteiger partial charge in [-0.05, 0) is 54.3 Å². The van der Waals surface area contributed by atoms with E-state index in [0.29, 0.717) is 0 Å². The molecule has 2 nitrogen and oxygen atoms in total. The molecule has 1 N–H and O–H groups in total. The van der Waals surface area contributed by atoms with Gasteiger partial charge in [-0.15, -0.1) is 0 Å². The number of nitrogens with zero attached hydrogens (tertiary/aromatic N) is 1. The highest BCUT2D eigenvalue weighted by atomic mass is 16.2. The third kappa shape index (κ3) is 2.72. The molecule has 0 fully saturated rings. The Kier molecular flexibility index (Phi) is 3.95. The van der Waals surface area contributed by atoms with E-state index in [1.54, 1.807) is 0 Å². The van der Waals surface area contributed by atoms with Crippen molar-refractivity contribution < 1.29 is 5.02 Å². The maximum atomic E-state index is 9.32. The van der Waals surface area contributed by atoms with E-state index in [1.165, 1.54) is 38.6 Å². The van der Waals surface area contributed by atoms with Gasteiger partial charge in [0.15, 0.2) is 0 Å². The van der Waals surface area contributed by atoms with E-state index in [1.807, 2.05) is 0 Å². The van der Waals surface area contributed by atoms with Crippen LogP contribution >= 0.6 is 0 Å². The van der Waals surface area contributed by atoms with Gasteiger partial charge < -0.3 is 9.59 Å². The summed E-state index contributed by atoms with van der Waals surface area (Å²) in [5, 5.41) is 11.9. The van der Waals surface area contributed by atoms with Crippen molar-refractivity contribution >= 4 is 34.9 Å². The topological polar surface area (TPSA) is 25.2 Å². The normalized spacial score (nSPS) is 14.3. The summed E-state index contributed by atoms with van der Waals surface area (Å²) in [6, 6.07) is 25.9. The lowest BCUT2D eigenvalue weighted by atomic mass is 9.79. The number of aromatic nitrogens is 1. The predicted molar refractivity (Wildman–Crippen MR) is 115 cm³/mol. The van der Waals surface area contributed by atoms with Crippen LogP contribution < -0.4 is 0 Å². The lowest BCUT2D eigenvalue weighted by Gasteiger charge is -2.14. The zero-order valence-electron chi connectivity index (χ0n) is 15.1. The second kappa shape index (κ2) is 6.60. The minimum Gasteiger partial charge on any atom is -0.449 e. The summed E-state index contributed by atoms with van der Waals surface area (Å²) >= 11 is 0. The van der Waals surface area contributed by atoms with Crippen LogP contribution in [0.25, 0.3) is 33.1 Å². The Bertz CT molecular complexity index is 1200. The van der Waals surface area contributed by atoms with E-state index >= 15 is 0 Å². The smallest absolute Gasteiger partial charge is 0.300 e. The van der Waals surface area contributed by atoms with E-state index in [4.69, 9.17) is 0 Å². The summed E-state index contributed by atoms with van der Waals surface area (Å²) in [5.74, 6) is 0. The Morgan fingerprint density at radius 3 is 2.30 bits per heavy atom. The van der Waals surface area contributed by atoms with Gasteiger partial charge in [-0.2, -0.15) is 0 Å². The Morgan fingerprint density at radius 1 is 0.741 bits per heavy atom. The zero-order valence-corrected chi connectivity index (χ0v) is 15.1. The largest absolute Gasteiger partial charge is 0.449 e. The maximum absolute atomic E-state index is 9.32. The first kappa shape index (κ1) is 16.2. The summed E-state index contributed by atoms with van der Waals surface area (Å²) < 4.78 is 2.34. The second-order valence-corrected chi connectivity index (χ2v) is 7.09. The molecule has 1 aliphatic carbocycles. The second-order valence-electron chi connectivity index (χ2n) is 7.09. The van der Waals surface area contributed by atoms with Crippen molar-refractivity contribution in [2.75, 3.05) is 0 Å². The predicted octanol–water partition coefficient (Wildman–Crippen LogP) is 5.19. The molecular formula is C24H20BNO. The van der Waals surface area contributed by atoms with E-state index in [9.17, 15) is 5.02 Å². The number of rotatable bonds is 3. The van der Waals surface area contributed by atoms with E-state index in [0.717, 1.165) is 18.3 Å². The molecule has 0 unspecified atom stereocenters. The molecule has 0 radical (unpaired) electrons. The van der Waals surface area contributed by atoms with Crippen molar-refractivity contribution in [3.05, 3.63) is 96.0 Å². The average molecular weight is 349 g/mol. The van der Waals surface area contributed by atoms with Gasteiger partial charge >= 0.3 is 7.48 Å². The quantitative estimate of drug-likeness (QED) is 0.506. The highest BCUT2D eigenvalue weighted by Crippen LogP contribution is 2.35. The molecule has 0 spiro atoms. The standard InChI is InChI=1S/C24H20BNO/c27-25-19-13-10-17(11-14-19)18-12-15-24-22(16-18)21-8-4-5-9-23(21)26(24)20-6-2-1-3-7-20/h1-10,12-13,15-16,25,27H,11,14H2. The number of benzene rings is 3. The molecule has 4 aromatic rings. The first-order valence-electron chi connectivity index (χ1n) is 9.43. The molecule has 3 heteroatoms. The molecule has 0 saturated heterocycles. The SMILES string of the molecule is OBC1=CC=C(c2ccc3c(c2)c2ccccc2n3-c2ccccc2)CC1. The van der Waals surface area contributed by atoms with Crippen molar-refractivity contribution in [3.63, 3.8) is 0 Å². The van der Waals surface area contributed by atoms with Gasteiger partial charge in [-0.1, -0.05) is 60.1 Å². The van der Waals surface area contributed by atoms with Crippen LogP contribution in [0.4, 0.5) is 0 Å². The average Bonchev–Trinajstić information content (AvgIpc) is 3.08. The van der Waals surface area contributed by atoms with Gasteiger partial charge in [0.25, 0.3) is 0 Å². The molecular weight excluding hydrogens is 329 g/mol. The molecule has 1 aliphatic rings. The molecule has 0 atom stereocenters. The molecule has 27 heavy (non-hydrogen) atoms. The van der Waals surface area contributed by atoms with Crippen molar-refractivity contribution in [1.29, 1.82) is 0 Å². The monoisotopic (exact) mass is 349 g/mol. The minimum atomic E-state index is 0.160. The fourth-order valence-electron chi connectivity index (χ4n) is 4.08. The maximum Gasteiger partial charge on any atom is 0.300 e. The zero-order chi connectivity index (χ0) is 18.2. The molecule has 0 saturated carbocycles. The summed E-state index contributed by atoms with van der Waals surface area (Å²) in [6.07, 6.45) is 6.14. The lowest BCUT2D eigenvalue weighted by Crippen LogP contribution is -2.00. The fraction of sp³-hybridized carbons (Fsp3) is 0.0833. The molecule has 3 aromatic carbocycles. The summed E-state index contributed by atoms with van der Waals surface area (Å²) in [5.41, 5.74) is 7.37. The molecule has 0 amide bonds. The molecule has 1 aromatic heterocycles. The molecule has 0 bridgehead atoms. The van der Waals surface area contributed by atoms with Gasteiger partial charge in [0.2, 0.25) is 0 Å². The molecule has 0 aliphatic heterocycles.